The van der Waals surface area contributed by atoms with Gasteiger partial charge in [-0.2, -0.15) is 0 Å². The Labute approximate surface area is 115 Å². The summed E-state index contributed by atoms with van der Waals surface area (Å²) < 4.78 is 4.81. The van der Waals surface area contributed by atoms with Gasteiger partial charge in [0.25, 0.3) is 5.69 Å². The molecular formula is C11H14ClN3O4. The maximum absolute atomic E-state index is 11.5. The van der Waals surface area contributed by atoms with Gasteiger partial charge in [0.15, 0.2) is 0 Å². The smallest absolute Gasteiger partial charge is 0.289 e. The number of rotatable bonds is 7. The zero-order chi connectivity index (χ0) is 14.3. The van der Waals surface area contributed by atoms with Crippen LogP contribution < -0.4 is 10.6 Å². The molecule has 0 radical (unpaired) electrons. The third-order valence-corrected chi connectivity index (χ3v) is 2.51. The van der Waals surface area contributed by atoms with E-state index in [9.17, 15) is 14.9 Å². The number of benzene rings is 1. The van der Waals surface area contributed by atoms with Crippen LogP contribution in [0.4, 0.5) is 11.4 Å². The summed E-state index contributed by atoms with van der Waals surface area (Å²) in [5, 5.41) is 16.1. The van der Waals surface area contributed by atoms with Gasteiger partial charge in [-0.1, -0.05) is 11.6 Å². The summed E-state index contributed by atoms with van der Waals surface area (Å²) in [6.07, 6.45) is 0. The van der Waals surface area contributed by atoms with Crippen molar-refractivity contribution in [3.63, 3.8) is 0 Å². The SMILES string of the molecule is COCCNCC(=O)Nc1ccc(Cl)c([N+](=O)[O-])c1. The number of nitro groups is 1. The summed E-state index contributed by atoms with van der Waals surface area (Å²) in [4.78, 5) is 21.6. The van der Waals surface area contributed by atoms with E-state index in [1.54, 1.807) is 7.11 Å². The molecule has 0 unspecified atom stereocenters. The van der Waals surface area contributed by atoms with E-state index in [1.165, 1.54) is 18.2 Å². The first-order valence-electron chi connectivity index (χ1n) is 5.48. The van der Waals surface area contributed by atoms with Crippen molar-refractivity contribution in [2.24, 2.45) is 0 Å². The second-order valence-corrected chi connectivity index (χ2v) is 4.05. The zero-order valence-corrected chi connectivity index (χ0v) is 11.1. The highest BCUT2D eigenvalue weighted by atomic mass is 35.5. The van der Waals surface area contributed by atoms with Crippen LogP contribution in [0.1, 0.15) is 0 Å². The van der Waals surface area contributed by atoms with Gasteiger partial charge in [0.2, 0.25) is 5.91 Å². The molecule has 0 heterocycles. The molecule has 1 rings (SSSR count). The molecule has 19 heavy (non-hydrogen) atoms. The number of nitrogens with one attached hydrogen (secondary N) is 2. The van der Waals surface area contributed by atoms with Crippen molar-refractivity contribution >= 4 is 28.9 Å². The molecule has 0 aliphatic heterocycles. The Kier molecular flexibility index (Phi) is 6.20. The third kappa shape index (κ3) is 5.21. The predicted molar refractivity (Wildman–Crippen MR) is 71.5 cm³/mol. The molecule has 1 amide bonds. The number of hydrogen-bond acceptors (Lipinski definition) is 5. The van der Waals surface area contributed by atoms with E-state index in [-0.39, 0.29) is 23.2 Å². The molecule has 0 aliphatic rings. The van der Waals surface area contributed by atoms with Crippen molar-refractivity contribution in [2.75, 3.05) is 32.1 Å². The minimum Gasteiger partial charge on any atom is -0.383 e. The van der Waals surface area contributed by atoms with Crippen molar-refractivity contribution in [3.8, 4) is 0 Å². The van der Waals surface area contributed by atoms with Gasteiger partial charge in [0.1, 0.15) is 5.02 Å². The molecule has 0 aromatic heterocycles. The van der Waals surface area contributed by atoms with Gasteiger partial charge in [-0.05, 0) is 12.1 Å². The van der Waals surface area contributed by atoms with Gasteiger partial charge in [0, 0.05) is 25.4 Å². The molecule has 0 saturated heterocycles. The van der Waals surface area contributed by atoms with Crippen molar-refractivity contribution in [2.45, 2.75) is 0 Å². The second kappa shape index (κ2) is 7.67. The van der Waals surface area contributed by atoms with Crippen LogP contribution in [0.15, 0.2) is 18.2 Å². The summed E-state index contributed by atoms with van der Waals surface area (Å²) in [7, 11) is 1.56. The number of hydrogen-bond donors (Lipinski definition) is 2. The molecule has 1 aromatic carbocycles. The fourth-order valence-corrected chi connectivity index (χ4v) is 1.50. The largest absolute Gasteiger partial charge is 0.383 e. The van der Waals surface area contributed by atoms with E-state index in [2.05, 4.69) is 10.6 Å². The average Bonchev–Trinajstić information content (AvgIpc) is 2.36. The first kappa shape index (κ1) is 15.4. The van der Waals surface area contributed by atoms with E-state index < -0.39 is 4.92 Å². The average molecular weight is 288 g/mol. The quantitative estimate of drug-likeness (QED) is 0.449. The van der Waals surface area contributed by atoms with Crippen molar-refractivity contribution < 1.29 is 14.5 Å². The van der Waals surface area contributed by atoms with Crippen molar-refractivity contribution in [3.05, 3.63) is 33.3 Å². The first-order chi connectivity index (χ1) is 9.04. The Morgan fingerprint density at radius 3 is 2.89 bits per heavy atom. The number of carbonyl (C=O) groups excluding carboxylic acids is 1. The Bertz CT molecular complexity index is 467. The summed E-state index contributed by atoms with van der Waals surface area (Å²) in [6, 6.07) is 4.09. The highest BCUT2D eigenvalue weighted by molar-refractivity contribution is 6.32. The molecule has 0 atom stereocenters. The third-order valence-electron chi connectivity index (χ3n) is 2.20. The van der Waals surface area contributed by atoms with Crippen molar-refractivity contribution in [1.82, 2.24) is 5.32 Å². The summed E-state index contributed by atoms with van der Waals surface area (Å²) in [6.45, 7) is 1.14. The molecule has 7 nitrogen and oxygen atoms in total. The van der Waals surface area contributed by atoms with Gasteiger partial charge >= 0.3 is 0 Å². The molecule has 2 N–H and O–H groups in total. The molecule has 0 saturated carbocycles. The predicted octanol–water partition coefficient (Wildman–Crippen LogP) is 1.42. The number of methoxy groups -OCH3 is 1. The lowest BCUT2D eigenvalue weighted by molar-refractivity contribution is -0.384. The Balaban J connectivity index is 2.55. The van der Waals surface area contributed by atoms with Crippen LogP contribution in [0.5, 0.6) is 0 Å². The Morgan fingerprint density at radius 2 is 2.26 bits per heavy atom. The standard InChI is InChI=1S/C11H14ClN3O4/c1-19-5-4-13-7-11(16)14-8-2-3-9(12)10(6-8)15(17)18/h2-3,6,13H,4-5,7H2,1H3,(H,14,16). The molecule has 0 fully saturated rings. The molecule has 0 spiro atoms. The lowest BCUT2D eigenvalue weighted by atomic mass is 10.3. The summed E-state index contributed by atoms with van der Waals surface area (Å²) in [5.74, 6) is -0.298. The maximum atomic E-state index is 11.5. The molecule has 104 valence electrons. The second-order valence-electron chi connectivity index (χ2n) is 3.64. The number of anilines is 1. The van der Waals surface area contributed by atoms with E-state index >= 15 is 0 Å². The van der Waals surface area contributed by atoms with Crippen molar-refractivity contribution in [1.29, 1.82) is 0 Å². The number of ether oxygens (including phenoxy) is 1. The van der Waals surface area contributed by atoms with Gasteiger partial charge in [-0.25, -0.2) is 0 Å². The lowest BCUT2D eigenvalue weighted by Gasteiger charge is -2.06. The van der Waals surface area contributed by atoms with Gasteiger partial charge in [0.05, 0.1) is 18.1 Å². The van der Waals surface area contributed by atoms with Crippen LogP contribution in [0.3, 0.4) is 0 Å². The van der Waals surface area contributed by atoms with Crippen LogP contribution in [0.25, 0.3) is 0 Å². The lowest BCUT2D eigenvalue weighted by Crippen LogP contribution is -2.30. The molecule has 0 bridgehead atoms. The van der Waals surface area contributed by atoms with Crippen LogP contribution in [-0.4, -0.2) is 37.6 Å². The van der Waals surface area contributed by atoms with Crippen LogP contribution in [0, 0.1) is 10.1 Å². The van der Waals surface area contributed by atoms with Crippen LogP contribution >= 0.6 is 11.6 Å². The fourth-order valence-electron chi connectivity index (χ4n) is 1.31. The molecule has 0 aliphatic carbocycles. The molecule has 8 heteroatoms. The molecule has 1 aromatic rings. The zero-order valence-electron chi connectivity index (χ0n) is 10.3. The van der Waals surface area contributed by atoms with Gasteiger partial charge in [-0.3, -0.25) is 14.9 Å². The highest BCUT2D eigenvalue weighted by Gasteiger charge is 2.13. The number of nitrogens with zero attached hydrogens (tertiary/aromatic N) is 1. The van der Waals surface area contributed by atoms with Gasteiger partial charge in [-0.15, -0.1) is 0 Å². The Morgan fingerprint density at radius 1 is 1.53 bits per heavy atom. The summed E-state index contributed by atoms with van der Waals surface area (Å²) in [5.41, 5.74) is 0.0847. The fraction of sp³-hybridized carbons (Fsp3) is 0.364. The minimum absolute atomic E-state index is 0.0289. The highest BCUT2D eigenvalue weighted by Crippen LogP contribution is 2.27. The topological polar surface area (TPSA) is 93.5 Å². The van der Waals surface area contributed by atoms with E-state index in [0.29, 0.717) is 18.8 Å². The number of halogens is 1. The molecular weight excluding hydrogens is 274 g/mol. The van der Waals surface area contributed by atoms with E-state index in [4.69, 9.17) is 16.3 Å². The van der Waals surface area contributed by atoms with Gasteiger partial charge < -0.3 is 15.4 Å². The van der Waals surface area contributed by atoms with E-state index in [1.807, 2.05) is 0 Å². The first-order valence-corrected chi connectivity index (χ1v) is 5.86. The minimum atomic E-state index is -0.602. The Hall–Kier alpha value is -1.70. The summed E-state index contributed by atoms with van der Waals surface area (Å²) >= 11 is 5.67. The monoisotopic (exact) mass is 287 g/mol. The number of carbonyl (C=O) groups is 1. The number of nitro benzene ring substituents is 1. The number of amides is 1. The maximum Gasteiger partial charge on any atom is 0.289 e. The van der Waals surface area contributed by atoms with Crippen LogP contribution in [-0.2, 0) is 9.53 Å². The van der Waals surface area contributed by atoms with Crippen LogP contribution in [0.2, 0.25) is 5.02 Å². The van der Waals surface area contributed by atoms with E-state index in [0.717, 1.165) is 0 Å². The normalized spacial score (nSPS) is 10.2.